The molecule has 0 heterocycles. The van der Waals surface area contributed by atoms with E-state index in [1.54, 1.807) is 0 Å². The first-order chi connectivity index (χ1) is 11.1. The van der Waals surface area contributed by atoms with Gasteiger partial charge in [-0.15, -0.1) is 11.8 Å². The number of benzene rings is 2. The van der Waals surface area contributed by atoms with Crippen LogP contribution in [0, 0.1) is 0 Å². The molecule has 0 spiro atoms. The number of amides is 1. The van der Waals surface area contributed by atoms with Crippen LogP contribution in [0.15, 0.2) is 53.4 Å². The van der Waals surface area contributed by atoms with Gasteiger partial charge >= 0.3 is 0 Å². The van der Waals surface area contributed by atoms with Crippen LogP contribution in [-0.2, 0) is 11.2 Å². The highest BCUT2D eigenvalue weighted by atomic mass is 35.5. The van der Waals surface area contributed by atoms with Crippen LogP contribution in [0.4, 0.5) is 0 Å². The van der Waals surface area contributed by atoms with E-state index in [0.717, 1.165) is 24.2 Å². The fraction of sp³-hybridized carbons (Fsp3) is 0.316. The number of carbonyl (C=O) groups excluding carboxylic acids is 1. The standard InChI is InChI=1S/C19H20ClNOS/c1-13(23-18-12-5-4-10-16(18)20)19(22)21-17-11-6-8-14-7-2-3-9-15(14)17/h2-5,7,9-10,12-13,17H,6,8,11H2,1H3,(H,21,22)/t13-,17-/m1/s1. The Bertz CT molecular complexity index is 703. The van der Waals surface area contributed by atoms with Gasteiger partial charge in [-0.25, -0.2) is 0 Å². The van der Waals surface area contributed by atoms with Gasteiger partial charge in [-0.2, -0.15) is 0 Å². The molecule has 2 aromatic carbocycles. The second-order valence-electron chi connectivity index (χ2n) is 5.84. The second-order valence-corrected chi connectivity index (χ2v) is 7.63. The van der Waals surface area contributed by atoms with E-state index in [1.165, 1.54) is 22.9 Å². The van der Waals surface area contributed by atoms with Gasteiger partial charge in [-0.05, 0) is 49.4 Å². The molecule has 2 aromatic rings. The quantitative estimate of drug-likeness (QED) is 0.789. The third-order valence-electron chi connectivity index (χ3n) is 4.20. The van der Waals surface area contributed by atoms with Gasteiger partial charge < -0.3 is 5.32 Å². The molecule has 1 amide bonds. The van der Waals surface area contributed by atoms with Crippen LogP contribution in [-0.4, -0.2) is 11.2 Å². The fourth-order valence-electron chi connectivity index (χ4n) is 2.98. The van der Waals surface area contributed by atoms with Crippen LogP contribution in [0.25, 0.3) is 0 Å². The lowest BCUT2D eigenvalue weighted by atomic mass is 9.88. The van der Waals surface area contributed by atoms with Gasteiger partial charge in [0.2, 0.25) is 5.91 Å². The van der Waals surface area contributed by atoms with Crippen molar-refractivity contribution in [3.05, 3.63) is 64.7 Å². The number of fused-ring (bicyclic) bond motifs is 1. The normalized spacial score (nSPS) is 18.1. The molecule has 0 radical (unpaired) electrons. The van der Waals surface area contributed by atoms with Gasteiger partial charge in [0.05, 0.1) is 16.3 Å². The minimum Gasteiger partial charge on any atom is -0.348 e. The lowest BCUT2D eigenvalue weighted by Crippen LogP contribution is -2.35. The largest absolute Gasteiger partial charge is 0.348 e. The van der Waals surface area contributed by atoms with Gasteiger partial charge in [-0.3, -0.25) is 4.79 Å². The average Bonchev–Trinajstić information content (AvgIpc) is 2.57. The number of carbonyl (C=O) groups is 1. The Balaban J connectivity index is 1.67. The summed E-state index contributed by atoms with van der Waals surface area (Å²) in [7, 11) is 0. The van der Waals surface area contributed by atoms with E-state index in [-0.39, 0.29) is 17.2 Å². The lowest BCUT2D eigenvalue weighted by molar-refractivity contribution is -0.121. The zero-order chi connectivity index (χ0) is 16.2. The van der Waals surface area contributed by atoms with Gasteiger partial charge in [0.1, 0.15) is 0 Å². The summed E-state index contributed by atoms with van der Waals surface area (Å²) in [5.41, 5.74) is 2.62. The maximum atomic E-state index is 12.6. The van der Waals surface area contributed by atoms with Gasteiger partial charge in [0.15, 0.2) is 0 Å². The smallest absolute Gasteiger partial charge is 0.233 e. The Morgan fingerprint density at radius 1 is 1.22 bits per heavy atom. The van der Waals surface area contributed by atoms with Crippen molar-refractivity contribution in [3.63, 3.8) is 0 Å². The van der Waals surface area contributed by atoms with E-state index >= 15 is 0 Å². The van der Waals surface area contributed by atoms with Gasteiger partial charge in [0.25, 0.3) is 0 Å². The Morgan fingerprint density at radius 2 is 1.96 bits per heavy atom. The summed E-state index contributed by atoms with van der Waals surface area (Å²) in [6.45, 7) is 1.93. The third-order valence-corrected chi connectivity index (χ3v) is 5.81. The molecule has 120 valence electrons. The van der Waals surface area contributed by atoms with E-state index < -0.39 is 0 Å². The monoisotopic (exact) mass is 345 g/mol. The Hall–Kier alpha value is -1.45. The van der Waals surface area contributed by atoms with Crippen molar-refractivity contribution < 1.29 is 4.79 Å². The molecule has 1 aliphatic carbocycles. The molecule has 2 nitrogen and oxygen atoms in total. The summed E-state index contributed by atoms with van der Waals surface area (Å²) >= 11 is 7.68. The SMILES string of the molecule is C[C@@H](Sc1ccccc1Cl)C(=O)N[C@@H]1CCCc2ccccc21. The maximum absolute atomic E-state index is 12.6. The lowest BCUT2D eigenvalue weighted by Gasteiger charge is -2.27. The fourth-order valence-corrected chi connectivity index (χ4v) is 4.14. The first-order valence-electron chi connectivity index (χ1n) is 7.94. The summed E-state index contributed by atoms with van der Waals surface area (Å²) < 4.78 is 0. The van der Waals surface area contributed by atoms with Gasteiger partial charge in [0, 0.05) is 4.90 Å². The molecule has 0 aliphatic heterocycles. The van der Waals surface area contributed by atoms with Crippen molar-refractivity contribution in [2.24, 2.45) is 0 Å². The highest BCUT2D eigenvalue weighted by Gasteiger charge is 2.24. The van der Waals surface area contributed by atoms with Gasteiger partial charge in [-0.1, -0.05) is 48.0 Å². The first-order valence-corrected chi connectivity index (χ1v) is 9.20. The molecule has 1 N–H and O–H groups in total. The Labute approximate surface area is 146 Å². The molecule has 3 rings (SSSR count). The predicted octanol–water partition coefficient (Wildman–Crippen LogP) is 5.01. The molecule has 4 heteroatoms. The highest BCUT2D eigenvalue weighted by Crippen LogP contribution is 2.32. The number of thioether (sulfide) groups is 1. The number of nitrogens with one attached hydrogen (secondary N) is 1. The van der Waals surface area contributed by atoms with E-state index in [2.05, 4.69) is 23.5 Å². The van der Waals surface area contributed by atoms with Crippen LogP contribution in [0.2, 0.25) is 5.02 Å². The molecule has 2 atom stereocenters. The van der Waals surface area contributed by atoms with E-state index in [9.17, 15) is 4.79 Å². The molecule has 0 fully saturated rings. The number of hydrogen-bond donors (Lipinski definition) is 1. The van der Waals surface area contributed by atoms with Crippen molar-refractivity contribution in [2.75, 3.05) is 0 Å². The zero-order valence-electron chi connectivity index (χ0n) is 13.1. The summed E-state index contributed by atoms with van der Waals surface area (Å²) in [6, 6.07) is 16.2. The van der Waals surface area contributed by atoms with Crippen LogP contribution >= 0.6 is 23.4 Å². The molecule has 0 unspecified atom stereocenters. The van der Waals surface area contributed by atoms with Crippen molar-refractivity contribution in [3.8, 4) is 0 Å². The minimum atomic E-state index is -0.177. The number of halogens is 1. The van der Waals surface area contributed by atoms with E-state index in [0.29, 0.717) is 5.02 Å². The first kappa shape index (κ1) is 16.4. The van der Waals surface area contributed by atoms with Crippen molar-refractivity contribution in [2.45, 2.75) is 42.4 Å². The summed E-state index contributed by atoms with van der Waals surface area (Å²) in [4.78, 5) is 13.5. The molecule has 0 aromatic heterocycles. The maximum Gasteiger partial charge on any atom is 0.233 e. The zero-order valence-corrected chi connectivity index (χ0v) is 14.7. The average molecular weight is 346 g/mol. The van der Waals surface area contributed by atoms with E-state index in [1.807, 2.05) is 37.3 Å². The summed E-state index contributed by atoms with van der Waals surface area (Å²) in [6.07, 6.45) is 3.23. The minimum absolute atomic E-state index is 0.0663. The van der Waals surface area contributed by atoms with Crippen LogP contribution < -0.4 is 5.32 Å². The molecular weight excluding hydrogens is 326 g/mol. The predicted molar refractivity (Wildman–Crippen MR) is 97.0 cm³/mol. The second kappa shape index (κ2) is 7.41. The van der Waals surface area contributed by atoms with Crippen LogP contribution in [0.3, 0.4) is 0 Å². The molecule has 23 heavy (non-hydrogen) atoms. The molecular formula is C19H20ClNOS. The molecule has 0 bridgehead atoms. The topological polar surface area (TPSA) is 29.1 Å². The number of aryl methyl sites for hydroxylation is 1. The Morgan fingerprint density at radius 3 is 2.78 bits per heavy atom. The van der Waals surface area contributed by atoms with E-state index in [4.69, 9.17) is 11.6 Å². The Kier molecular flexibility index (Phi) is 5.29. The summed E-state index contributed by atoms with van der Waals surface area (Å²) in [5, 5.41) is 3.73. The van der Waals surface area contributed by atoms with Crippen molar-refractivity contribution in [1.82, 2.24) is 5.32 Å². The number of hydrogen-bond acceptors (Lipinski definition) is 2. The van der Waals surface area contributed by atoms with Crippen LogP contribution in [0.5, 0.6) is 0 Å². The summed E-state index contributed by atoms with van der Waals surface area (Å²) in [5.74, 6) is 0.0663. The molecule has 1 aliphatic rings. The highest BCUT2D eigenvalue weighted by molar-refractivity contribution is 8.00. The van der Waals surface area contributed by atoms with Crippen LogP contribution in [0.1, 0.15) is 36.9 Å². The molecule has 0 saturated heterocycles. The molecule has 0 saturated carbocycles. The third kappa shape index (κ3) is 3.91. The number of rotatable bonds is 4. The van der Waals surface area contributed by atoms with Crippen molar-refractivity contribution in [1.29, 1.82) is 0 Å². The van der Waals surface area contributed by atoms with Crippen molar-refractivity contribution >= 4 is 29.3 Å².